The Hall–Kier alpha value is -1.31. The van der Waals surface area contributed by atoms with Crippen molar-refractivity contribution in [2.45, 2.75) is 13.3 Å². The molecule has 0 amide bonds. The van der Waals surface area contributed by atoms with Crippen molar-refractivity contribution in [3.05, 3.63) is 36.6 Å². The van der Waals surface area contributed by atoms with Gasteiger partial charge in [-0.3, -0.25) is 0 Å². The van der Waals surface area contributed by atoms with E-state index in [4.69, 9.17) is 5.73 Å². The lowest BCUT2D eigenvalue weighted by molar-refractivity contribution is 1.22. The van der Waals surface area contributed by atoms with Gasteiger partial charge < -0.3 is 5.73 Å². The van der Waals surface area contributed by atoms with Gasteiger partial charge in [0.2, 0.25) is 0 Å². The molecule has 0 aliphatic rings. The predicted molar refractivity (Wildman–Crippen MR) is 50.4 cm³/mol. The Balaban J connectivity index is 3.74. The van der Waals surface area contributed by atoms with E-state index in [9.17, 15) is 0 Å². The molecule has 0 bridgehead atoms. The maximum absolute atomic E-state index is 5.06. The molecule has 2 nitrogen and oxygen atoms in total. The normalized spacial score (nSPS) is 12.1. The average molecular weight is 150 g/mol. The van der Waals surface area contributed by atoms with Gasteiger partial charge in [0.1, 0.15) is 0 Å². The molecule has 0 heterocycles. The second-order valence-corrected chi connectivity index (χ2v) is 1.97. The summed E-state index contributed by atoms with van der Waals surface area (Å²) in [5.74, 6) is 0. The minimum Gasteiger partial charge on any atom is -0.390 e. The minimum atomic E-state index is 0.660. The Labute approximate surface area is 67.8 Å². The summed E-state index contributed by atoms with van der Waals surface area (Å²) in [5.41, 5.74) is 5.72. The van der Waals surface area contributed by atoms with Crippen molar-refractivity contribution in [3.63, 3.8) is 0 Å². The summed E-state index contributed by atoms with van der Waals surface area (Å²) in [6.45, 7) is 5.72. The molecule has 0 atom stereocenters. The van der Waals surface area contributed by atoms with Gasteiger partial charge in [0, 0.05) is 0 Å². The van der Waals surface area contributed by atoms with Crippen LogP contribution in [0.5, 0.6) is 0 Å². The Morgan fingerprint density at radius 2 is 2.27 bits per heavy atom. The number of rotatable bonds is 4. The van der Waals surface area contributed by atoms with Gasteiger partial charge in [0.05, 0.1) is 12.0 Å². The lowest BCUT2D eigenvalue weighted by Gasteiger charge is -1.84. The molecular formula is C9H14N2. The fourth-order valence-electron chi connectivity index (χ4n) is 0.520. The second kappa shape index (κ2) is 6.81. The highest BCUT2D eigenvalue weighted by molar-refractivity contribution is 5.54. The van der Waals surface area contributed by atoms with Crippen molar-refractivity contribution < 1.29 is 0 Å². The van der Waals surface area contributed by atoms with E-state index in [1.54, 1.807) is 6.08 Å². The van der Waals surface area contributed by atoms with Gasteiger partial charge in [0.15, 0.2) is 0 Å². The van der Waals surface area contributed by atoms with Crippen LogP contribution >= 0.6 is 0 Å². The van der Waals surface area contributed by atoms with E-state index in [-0.39, 0.29) is 0 Å². The largest absolute Gasteiger partial charge is 0.390 e. The molecule has 0 radical (unpaired) electrons. The van der Waals surface area contributed by atoms with E-state index in [0.717, 1.165) is 6.42 Å². The van der Waals surface area contributed by atoms with Crippen LogP contribution in [0, 0.1) is 0 Å². The summed E-state index contributed by atoms with van der Waals surface area (Å²) >= 11 is 0. The number of nitrogens with two attached hydrogens (primary N) is 1. The molecule has 0 fully saturated rings. The third-order valence-electron chi connectivity index (χ3n) is 1.01. The maximum Gasteiger partial charge on any atom is 0.0859 e. The van der Waals surface area contributed by atoms with Gasteiger partial charge in [-0.15, -0.1) is 0 Å². The Morgan fingerprint density at radius 1 is 1.55 bits per heavy atom. The predicted octanol–water partition coefficient (Wildman–Crippen LogP) is 2.01. The van der Waals surface area contributed by atoms with Crippen molar-refractivity contribution in [2.24, 2.45) is 10.7 Å². The van der Waals surface area contributed by atoms with Crippen LogP contribution in [0.4, 0.5) is 0 Å². The van der Waals surface area contributed by atoms with Gasteiger partial charge in [-0.2, -0.15) is 0 Å². The Bertz CT molecular complexity index is 188. The Kier molecular flexibility index (Phi) is 5.99. The van der Waals surface area contributed by atoms with Gasteiger partial charge >= 0.3 is 0 Å². The fraction of sp³-hybridized carbons (Fsp3) is 0.222. The Morgan fingerprint density at radius 3 is 2.82 bits per heavy atom. The summed E-state index contributed by atoms with van der Waals surface area (Å²) in [4.78, 5) is 3.76. The third-order valence-corrected chi connectivity index (χ3v) is 1.01. The zero-order valence-electron chi connectivity index (χ0n) is 6.83. The molecule has 0 spiro atoms. The van der Waals surface area contributed by atoms with E-state index in [1.165, 1.54) is 6.34 Å². The minimum absolute atomic E-state index is 0.660. The molecule has 0 saturated carbocycles. The first-order chi connectivity index (χ1) is 5.31. The van der Waals surface area contributed by atoms with Crippen LogP contribution in [-0.4, -0.2) is 6.34 Å². The van der Waals surface area contributed by atoms with Crippen LogP contribution in [0.1, 0.15) is 13.3 Å². The van der Waals surface area contributed by atoms with Crippen LogP contribution in [0.3, 0.4) is 0 Å². The lowest BCUT2D eigenvalue weighted by Crippen LogP contribution is -1.87. The smallest absolute Gasteiger partial charge is 0.0859 e. The zero-order chi connectivity index (χ0) is 8.53. The first kappa shape index (κ1) is 9.69. The van der Waals surface area contributed by atoms with Crippen LogP contribution in [-0.2, 0) is 0 Å². The highest BCUT2D eigenvalue weighted by atomic mass is 14.8. The fourth-order valence-corrected chi connectivity index (χ4v) is 0.520. The van der Waals surface area contributed by atoms with E-state index < -0.39 is 0 Å². The summed E-state index contributed by atoms with van der Waals surface area (Å²) in [6, 6.07) is 0. The van der Waals surface area contributed by atoms with Crippen molar-refractivity contribution in [1.82, 2.24) is 0 Å². The quantitative estimate of drug-likeness (QED) is 0.371. The third kappa shape index (κ3) is 6.58. The number of hydrogen-bond donors (Lipinski definition) is 1. The van der Waals surface area contributed by atoms with Crippen LogP contribution in [0.15, 0.2) is 41.6 Å². The molecule has 11 heavy (non-hydrogen) atoms. The van der Waals surface area contributed by atoms with E-state index in [0.29, 0.717) is 5.70 Å². The highest BCUT2D eigenvalue weighted by Crippen LogP contribution is 1.93. The standard InChI is InChI=1S/C9H14N2/c1-3-4-5-6-7-9(2)11-8-10/h4-8H,2-3H2,1H3,(H2,10,11)/b5-4-,7-6-. The van der Waals surface area contributed by atoms with Gasteiger partial charge in [0.25, 0.3) is 0 Å². The topological polar surface area (TPSA) is 38.4 Å². The molecule has 60 valence electrons. The SMILES string of the molecule is C=C(/C=C\C=C/CC)N=CN. The van der Waals surface area contributed by atoms with Crippen molar-refractivity contribution in [1.29, 1.82) is 0 Å². The van der Waals surface area contributed by atoms with Gasteiger partial charge in [-0.25, -0.2) is 4.99 Å². The van der Waals surface area contributed by atoms with Gasteiger partial charge in [-0.05, 0) is 12.5 Å². The molecule has 0 aliphatic heterocycles. The second-order valence-electron chi connectivity index (χ2n) is 1.97. The summed E-state index contributed by atoms with van der Waals surface area (Å²) in [6.07, 6.45) is 9.97. The highest BCUT2D eigenvalue weighted by Gasteiger charge is 1.75. The first-order valence-electron chi connectivity index (χ1n) is 3.57. The lowest BCUT2D eigenvalue weighted by atomic mass is 10.3. The van der Waals surface area contributed by atoms with Crippen molar-refractivity contribution in [3.8, 4) is 0 Å². The molecular weight excluding hydrogens is 136 g/mol. The monoisotopic (exact) mass is 150 g/mol. The number of allylic oxidation sites excluding steroid dienone is 4. The van der Waals surface area contributed by atoms with Crippen LogP contribution < -0.4 is 5.73 Å². The number of nitrogens with zero attached hydrogens (tertiary/aromatic N) is 1. The average Bonchev–Trinajstić information content (AvgIpc) is 1.99. The molecule has 0 aromatic rings. The summed E-state index contributed by atoms with van der Waals surface area (Å²) < 4.78 is 0. The molecule has 0 rings (SSSR count). The summed E-state index contributed by atoms with van der Waals surface area (Å²) in [5, 5.41) is 0. The number of hydrogen-bond acceptors (Lipinski definition) is 1. The zero-order valence-corrected chi connectivity index (χ0v) is 6.83. The van der Waals surface area contributed by atoms with Crippen molar-refractivity contribution in [2.75, 3.05) is 0 Å². The van der Waals surface area contributed by atoms with E-state index in [2.05, 4.69) is 24.6 Å². The molecule has 0 saturated heterocycles. The summed E-state index contributed by atoms with van der Waals surface area (Å²) in [7, 11) is 0. The van der Waals surface area contributed by atoms with Gasteiger partial charge in [-0.1, -0.05) is 31.7 Å². The molecule has 0 aromatic heterocycles. The maximum atomic E-state index is 5.06. The number of aliphatic imine (C=N–C) groups is 1. The van der Waals surface area contributed by atoms with Crippen molar-refractivity contribution >= 4 is 6.34 Å². The first-order valence-corrected chi connectivity index (χ1v) is 3.57. The molecule has 0 aliphatic carbocycles. The molecule has 2 heteroatoms. The van der Waals surface area contributed by atoms with E-state index in [1.807, 2.05) is 12.2 Å². The van der Waals surface area contributed by atoms with Crippen LogP contribution in [0.2, 0.25) is 0 Å². The molecule has 2 N–H and O–H groups in total. The molecule has 0 unspecified atom stereocenters. The molecule has 0 aromatic carbocycles. The van der Waals surface area contributed by atoms with Crippen LogP contribution in [0.25, 0.3) is 0 Å². The van der Waals surface area contributed by atoms with E-state index >= 15 is 0 Å².